The third kappa shape index (κ3) is 4.63. The van der Waals surface area contributed by atoms with Gasteiger partial charge in [0.2, 0.25) is 5.13 Å². The molecular formula is C20H22N4O3S2. The zero-order valence-electron chi connectivity index (χ0n) is 16.6. The van der Waals surface area contributed by atoms with Crippen LogP contribution in [0.1, 0.15) is 40.7 Å². The maximum absolute atomic E-state index is 12.8. The average molecular weight is 431 g/mol. The summed E-state index contributed by atoms with van der Waals surface area (Å²) in [7, 11) is -2.19. The number of carbonyl (C=O) groups is 1. The molecule has 3 rings (SSSR count). The molecule has 0 aliphatic rings. The second-order valence-electron chi connectivity index (χ2n) is 6.89. The van der Waals surface area contributed by atoms with Gasteiger partial charge < -0.3 is 0 Å². The van der Waals surface area contributed by atoms with Crippen molar-refractivity contribution in [1.82, 2.24) is 10.2 Å². The van der Waals surface area contributed by atoms with E-state index in [0.717, 1.165) is 10.6 Å². The van der Waals surface area contributed by atoms with Gasteiger partial charge in [0.25, 0.3) is 15.9 Å². The standard InChI is InChI=1S/C20H22N4O3S2/c1-13(2)19-22-23-20(28-19)21-18(25)15-7-9-16(10-8-15)24(4)29(26,27)17-11-5-14(3)6-12-17/h5-13H,1-4H3,(H,21,23,25). The molecule has 0 spiro atoms. The van der Waals surface area contributed by atoms with Crippen LogP contribution < -0.4 is 9.62 Å². The van der Waals surface area contributed by atoms with Crippen LogP contribution in [0.15, 0.2) is 53.4 Å². The van der Waals surface area contributed by atoms with E-state index < -0.39 is 10.0 Å². The van der Waals surface area contributed by atoms with Crippen LogP contribution in [0.4, 0.5) is 10.8 Å². The Labute approximate surface area is 174 Å². The van der Waals surface area contributed by atoms with Gasteiger partial charge in [-0.1, -0.05) is 42.9 Å². The molecular weight excluding hydrogens is 408 g/mol. The maximum Gasteiger partial charge on any atom is 0.264 e. The number of hydrogen-bond donors (Lipinski definition) is 1. The number of aromatic nitrogens is 2. The van der Waals surface area contributed by atoms with Crippen molar-refractivity contribution in [2.45, 2.75) is 31.6 Å². The molecule has 0 radical (unpaired) electrons. The molecule has 1 amide bonds. The summed E-state index contributed by atoms with van der Waals surface area (Å²) in [5.74, 6) is -0.0875. The van der Waals surface area contributed by atoms with Crippen LogP contribution in [-0.4, -0.2) is 31.6 Å². The fourth-order valence-corrected chi connectivity index (χ4v) is 4.45. The molecule has 0 aliphatic heterocycles. The largest absolute Gasteiger partial charge is 0.296 e. The molecule has 7 nitrogen and oxygen atoms in total. The van der Waals surface area contributed by atoms with Crippen molar-refractivity contribution < 1.29 is 13.2 Å². The van der Waals surface area contributed by atoms with E-state index in [1.54, 1.807) is 48.5 Å². The van der Waals surface area contributed by atoms with E-state index in [9.17, 15) is 13.2 Å². The van der Waals surface area contributed by atoms with Gasteiger partial charge in [-0.3, -0.25) is 14.4 Å². The van der Waals surface area contributed by atoms with E-state index in [-0.39, 0.29) is 16.7 Å². The van der Waals surface area contributed by atoms with E-state index in [0.29, 0.717) is 16.4 Å². The molecule has 2 aromatic carbocycles. The molecule has 0 atom stereocenters. The van der Waals surface area contributed by atoms with E-state index in [1.807, 2.05) is 20.8 Å². The molecule has 1 N–H and O–H groups in total. The van der Waals surface area contributed by atoms with Crippen LogP contribution in [0.25, 0.3) is 0 Å². The first-order chi connectivity index (χ1) is 13.7. The van der Waals surface area contributed by atoms with Crippen molar-refractivity contribution in [2.24, 2.45) is 0 Å². The van der Waals surface area contributed by atoms with Gasteiger partial charge in [0, 0.05) is 18.5 Å². The lowest BCUT2D eigenvalue weighted by molar-refractivity contribution is 0.102. The van der Waals surface area contributed by atoms with Crippen molar-refractivity contribution in [3.8, 4) is 0 Å². The smallest absolute Gasteiger partial charge is 0.264 e. The fourth-order valence-electron chi connectivity index (χ4n) is 2.52. The van der Waals surface area contributed by atoms with Crippen molar-refractivity contribution in [3.63, 3.8) is 0 Å². The molecule has 0 unspecified atom stereocenters. The Morgan fingerprint density at radius 1 is 1.03 bits per heavy atom. The van der Waals surface area contributed by atoms with Gasteiger partial charge in [-0.15, -0.1) is 10.2 Å². The van der Waals surface area contributed by atoms with Crippen LogP contribution in [0, 0.1) is 6.92 Å². The summed E-state index contributed by atoms with van der Waals surface area (Å²) in [6, 6.07) is 13.0. The SMILES string of the molecule is Cc1ccc(S(=O)(=O)N(C)c2ccc(C(=O)Nc3nnc(C(C)C)s3)cc2)cc1. The molecule has 9 heteroatoms. The summed E-state index contributed by atoms with van der Waals surface area (Å²) in [5, 5.41) is 12.0. The number of rotatable bonds is 6. The fraction of sp³-hybridized carbons (Fsp3) is 0.250. The number of nitrogens with zero attached hydrogens (tertiary/aromatic N) is 3. The number of carbonyl (C=O) groups excluding carboxylic acids is 1. The van der Waals surface area contributed by atoms with Gasteiger partial charge in [0.1, 0.15) is 5.01 Å². The van der Waals surface area contributed by atoms with Gasteiger partial charge in [0.15, 0.2) is 0 Å². The number of hydrogen-bond acceptors (Lipinski definition) is 6. The number of nitrogens with one attached hydrogen (secondary N) is 1. The molecule has 0 saturated carbocycles. The van der Waals surface area contributed by atoms with Gasteiger partial charge in [0.05, 0.1) is 10.6 Å². The molecule has 1 aromatic heterocycles. The zero-order valence-corrected chi connectivity index (χ0v) is 18.2. The van der Waals surface area contributed by atoms with Crippen LogP contribution in [-0.2, 0) is 10.0 Å². The number of anilines is 2. The summed E-state index contributed by atoms with van der Waals surface area (Å²) in [5.41, 5.74) is 1.84. The topological polar surface area (TPSA) is 92.3 Å². The third-order valence-electron chi connectivity index (χ3n) is 4.33. The lowest BCUT2D eigenvalue weighted by Gasteiger charge is -2.19. The third-order valence-corrected chi connectivity index (χ3v) is 7.27. The maximum atomic E-state index is 12.8. The summed E-state index contributed by atoms with van der Waals surface area (Å²) in [6.45, 7) is 5.91. The molecule has 29 heavy (non-hydrogen) atoms. The summed E-state index contributed by atoms with van der Waals surface area (Å²) in [4.78, 5) is 12.6. The molecule has 0 fully saturated rings. The van der Waals surface area contributed by atoms with Gasteiger partial charge in [-0.2, -0.15) is 0 Å². The first kappa shape index (κ1) is 20.9. The van der Waals surface area contributed by atoms with E-state index in [2.05, 4.69) is 15.5 Å². The van der Waals surface area contributed by atoms with Crippen molar-refractivity contribution >= 4 is 38.1 Å². The molecule has 0 bridgehead atoms. The van der Waals surface area contributed by atoms with E-state index >= 15 is 0 Å². The van der Waals surface area contributed by atoms with Crippen molar-refractivity contribution in [2.75, 3.05) is 16.7 Å². The molecule has 0 aliphatic carbocycles. The Hall–Kier alpha value is -2.78. The second kappa shape index (κ2) is 8.30. The lowest BCUT2D eigenvalue weighted by atomic mass is 10.2. The highest BCUT2D eigenvalue weighted by atomic mass is 32.2. The Morgan fingerprint density at radius 3 is 2.21 bits per heavy atom. The molecule has 152 valence electrons. The van der Waals surface area contributed by atoms with Gasteiger partial charge in [-0.05, 0) is 43.3 Å². The average Bonchev–Trinajstić information content (AvgIpc) is 3.16. The number of amides is 1. The van der Waals surface area contributed by atoms with Crippen LogP contribution in [0.5, 0.6) is 0 Å². The molecule has 3 aromatic rings. The quantitative estimate of drug-likeness (QED) is 0.637. The zero-order chi connectivity index (χ0) is 21.2. The Morgan fingerprint density at radius 2 is 1.66 bits per heavy atom. The van der Waals surface area contributed by atoms with E-state index in [4.69, 9.17) is 0 Å². The lowest BCUT2D eigenvalue weighted by Crippen LogP contribution is -2.26. The summed E-state index contributed by atoms with van der Waals surface area (Å²) in [6.07, 6.45) is 0. The first-order valence-corrected chi connectivity index (χ1v) is 11.2. The van der Waals surface area contributed by atoms with Gasteiger partial charge in [-0.25, -0.2) is 8.42 Å². The second-order valence-corrected chi connectivity index (χ2v) is 9.87. The van der Waals surface area contributed by atoms with E-state index in [1.165, 1.54) is 22.7 Å². The van der Waals surface area contributed by atoms with Crippen LogP contribution in [0.3, 0.4) is 0 Å². The van der Waals surface area contributed by atoms with Crippen LogP contribution in [0.2, 0.25) is 0 Å². The first-order valence-electron chi connectivity index (χ1n) is 8.99. The minimum Gasteiger partial charge on any atom is -0.296 e. The number of aryl methyl sites for hydroxylation is 1. The number of sulfonamides is 1. The predicted molar refractivity (Wildman–Crippen MR) is 115 cm³/mol. The van der Waals surface area contributed by atoms with Crippen molar-refractivity contribution in [1.29, 1.82) is 0 Å². The Bertz CT molecular complexity index is 1110. The highest BCUT2D eigenvalue weighted by Crippen LogP contribution is 2.25. The van der Waals surface area contributed by atoms with Crippen molar-refractivity contribution in [3.05, 3.63) is 64.7 Å². The molecule has 1 heterocycles. The van der Waals surface area contributed by atoms with Crippen LogP contribution >= 0.6 is 11.3 Å². The Kier molecular flexibility index (Phi) is 5.99. The monoisotopic (exact) mass is 430 g/mol. The highest BCUT2D eigenvalue weighted by molar-refractivity contribution is 7.92. The Balaban J connectivity index is 1.74. The predicted octanol–water partition coefficient (Wildman–Crippen LogP) is 4.05. The summed E-state index contributed by atoms with van der Waals surface area (Å²) < 4.78 is 26.8. The minimum absolute atomic E-state index is 0.213. The van der Waals surface area contributed by atoms with Gasteiger partial charge >= 0.3 is 0 Å². The molecule has 0 saturated heterocycles. The summed E-state index contributed by atoms with van der Waals surface area (Å²) >= 11 is 1.33. The number of benzene rings is 2. The minimum atomic E-state index is -3.68. The highest BCUT2D eigenvalue weighted by Gasteiger charge is 2.21. The normalized spacial score (nSPS) is 11.5.